The Morgan fingerprint density at radius 2 is 2.06 bits per heavy atom. The van der Waals surface area contributed by atoms with Gasteiger partial charge in [0.25, 0.3) is 0 Å². The van der Waals surface area contributed by atoms with Crippen LogP contribution in [0.5, 0.6) is 0 Å². The van der Waals surface area contributed by atoms with Gasteiger partial charge in [0.2, 0.25) is 5.95 Å². The molecule has 0 radical (unpaired) electrons. The molecule has 0 bridgehead atoms. The van der Waals surface area contributed by atoms with Crippen LogP contribution in [0.1, 0.15) is 17.5 Å². The van der Waals surface area contributed by atoms with E-state index in [2.05, 4.69) is 22.1 Å². The van der Waals surface area contributed by atoms with Crippen LogP contribution < -0.4 is 5.73 Å². The SMILES string of the molecule is Nc1ncc(F)c(Sc2ccc3c(c2)CCC3)n1. The normalized spacial score (nSPS) is 13.6. The topological polar surface area (TPSA) is 51.8 Å². The summed E-state index contributed by atoms with van der Waals surface area (Å²) < 4.78 is 13.5. The van der Waals surface area contributed by atoms with Crippen molar-refractivity contribution in [1.82, 2.24) is 9.97 Å². The second kappa shape index (κ2) is 4.57. The van der Waals surface area contributed by atoms with E-state index >= 15 is 0 Å². The smallest absolute Gasteiger partial charge is 0.221 e. The molecule has 3 nitrogen and oxygen atoms in total. The first kappa shape index (κ1) is 11.5. The number of halogens is 1. The maximum absolute atomic E-state index is 13.5. The minimum Gasteiger partial charge on any atom is -0.368 e. The molecule has 0 fully saturated rings. The number of fused-ring (bicyclic) bond motifs is 1. The molecule has 0 aliphatic heterocycles. The van der Waals surface area contributed by atoms with Crippen LogP contribution in [0.2, 0.25) is 0 Å². The number of aromatic nitrogens is 2. The third kappa shape index (κ3) is 2.18. The summed E-state index contributed by atoms with van der Waals surface area (Å²) in [5.41, 5.74) is 8.24. The molecular formula is C13H12FN3S. The summed E-state index contributed by atoms with van der Waals surface area (Å²) in [5, 5.41) is 0.278. The molecule has 0 amide bonds. The number of aryl methyl sites for hydroxylation is 2. The molecule has 0 atom stereocenters. The Balaban J connectivity index is 1.90. The highest BCUT2D eigenvalue weighted by Crippen LogP contribution is 2.32. The van der Waals surface area contributed by atoms with Crippen LogP contribution in [-0.4, -0.2) is 9.97 Å². The Kier molecular flexibility index (Phi) is 2.91. The van der Waals surface area contributed by atoms with E-state index < -0.39 is 5.82 Å². The Hall–Kier alpha value is -1.62. The van der Waals surface area contributed by atoms with E-state index in [4.69, 9.17) is 5.73 Å². The first-order valence-electron chi connectivity index (χ1n) is 5.80. The molecule has 1 aliphatic carbocycles. The molecule has 1 aliphatic rings. The fraction of sp³-hybridized carbons (Fsp3) is 0.231. The summed E-state index contributed by atoms with van der Waals surface area (Å²) in [5.74, 6) is -0.338. The van der Waals surface area contributed by atoms with Crippen LogP contribution in [0.15, 0.2) is 34.3 Å². The number of nitrogens with zero attached hydrogens (tertiary/aromatic N) is 2. The lowest BCUT2D eigenvalue weighted by atomic mass is 10.1. The minimum atomic E-state index is -0.435. The quantitative estimate of drug-likeness (QED) is 0.845. The van der Waals surface area contributed by atoms with Crippen LogP contribution in [-0.2, 0) is 12.8 Å². The highest BCUT2D eigenvalue weighted by molar-refractivity contribution is 7.99. The number of hydrogen-bond acceptors (Lipinski definition) is 4. The highest BCUT2D eigenvalue weighted by Gasteiger charge is 2.13. The summed E-state index contributed by atoms with van der Waals surface area (Å²) in [7, 11) is 0. The second-order valence-corrected chi connectivity index (χ2v) is 5.33. The molecule has 92 valence electrons. The van der Waals surface area contributed by atoms with Crippen molar-refractivity contribution in [3.63, 3.8) is 0 Å². The van der Waals surface area contributed by atoms with Gasteiger partial charge < -0.3 is 5.73 Å². The lowest BCUT2D eigenvalue weighted by molar-refractivity contribution is 0.580. The van der Waals surface area contributed by atoms with Gasteiger partial charge in [-0.1, -0.05) is 17.8 Å². The van der Waals surface area contributed by atoms with Gasteiger partial charge in [0.1, 0.15) is 5.03 Å². The largest absolute Gasteiger partial charge is 0.368 e. The molecule has 1 aromatic carbocycles. The fourth-order valence-electron chi connectivity index (χ4n) is 2.16. The highest BCUT2D eigenvalue weighted by atomic mass is 32.2. The molecule has 2 N–H and O–H groups in total. The van der Waals surface area contributed by atoms with Crippen molar-refractivity contribution in [2.45, 2.75) is 29.2 Å². The maximum Gasteiger partial charge on any atom is 0.221 e. The van der Waals surface area contributed by atoms with Crippen molar-refractivity contribution in [2.24, 2.45) is 0 Å². The number of benzene rings is 1. The van der Waals surface area contributed by atoms with Crippen molar-refractivity contribution in [3.05, 3.63) is 41.3 Å². The monoisotopic (exact) mass is 261 g/mol. The molecule has 0 spiro atoms. The summed E-state index contributed by atoms with van der Waals surface area (Å²) in [6.07, 6.45) is 4.57. The molecule has 1 aromatic heterocycles. The van der Waals surface area contributed by atoms with E-state index in [1.165, 1.54) is 29.3 Å². The standard InChI is InChI=1S/C13H12FN3S/c14-11-7-16-13(15)17-12(11)18-10-5-4-8-2-1-3-9(8)6-10/h4-7H,1-3H2,(H2,15,16,17). The van der Waals surface area contributed by atoms with Crippen molar-refractivity contribution >= 4 is 17.7 Å². The zero-order valence-electron chi connectivity index (χ0n) is 9.69. The third-order valence-electron chi connectivity index (χ3n) is 3.02. The van der Waals surface area contributed by atoms with Gasteiger partial charge in [-0.3, -0.25) is 0 Å². The fourth-order valence-corrected chi connectivity index (χ4v) is 3.01. The van der Waals surface area contributed by atoms with Crippen molar-refractivity contribution < 1.29 is 4.39 Å². The van der Waals surface area contributed by atoms with E-state index in [0.717, 1.165) is 23.9 Å². The number of anilines is 1. The van der Waals surface area contributed by atoms with Crippen LogP contribution in [0, 0.1) is 5.82 Å². The summed E-state index contributed by atoms with van der Waals surface area (Å²) in [4.78, 5) is 8.53. The van der Waals surface area contributed by atoms with Gasteiger partial charge in [-0.15, -0.1) is 0 Å². The summed E-state index contributed by atoms with van der Waals surface area (Å²) in [6, 6.07) is 6.24. The maximum atomic E-state index is 13.5. The number of nitrogens with two attached hydrogens (primary N) is 1. The van der Waals surface area contributed by atoms with Crippen LogP contribution in [0.3, 0.4) is 0 Å². The van der Waals surface area contributed by atoms with Gasteiger partial charge in [0, 0.05) is 4.90 Å². The van der Waals surface area contributed by atoms with Gasteiger partial charge in [-0.2, -0.15) is 0 Å². The van der Waals surface area contributed by atoms with E-state index in [1.807, 2.05) is 6.07 Å². The molecule has 0 unspecified atom stereocenters. The summed E-state index contributed by atoms with van der Waals surface area (Å²) in [6.45, 7) is 0. The van der Waals surface area contributed by atoms with Crippen LogP contribution in [0.4, 0.5) is 10.3 Å². The third-order valence-corrected chi connectivity index (χ3v) is 3.98. The summed E-state index contributed by atoms with van der Waals surface area (Å²) >= 11 is 1.29. The van der Waals surface area contributed by atoms with Crippen LogP contribution in [0.25, 0.3) is 0 Å². The van der Waals surface area contributed by atoms with E-state index in [0.29, 0.717) is 0 Å². The van der Waals surface area contributed by atoms with Crippen molar-refractivity contribution in [2.75, 3.05) is 5.73 Å². The Morgan fingerprint density at radius 3 is 2.94 bits per heavy atom. The lowest BCUT2D eigenvalue weighted by Gasteiger charge is -2.05. The zero-order valence-corrected chi connectivity index (χ0v) is 10.5. The molecule has 18 heavy (non-hydrogen) atoms. The molecule has 5 heteroatoms. The second-order valence-electron chi connectivity index (χ2n) is 4.27. The van der Waals surface area contributed by atoms with Crippen molar-refractivity contribution in [1.29, 1.82) is 0 Å². The number of nitrogen functional groups attached to an aromatic ring is 1. The molecule has 0 saturated heterocycles. The van der Waals surface area contributed by atoms with E-state index in [-0.39, 0.29) is 11.0 Å². The number of hydrogen-bond donors (Lipinski definition) is 1. The average molecular weight is 261 g/mol. The molecule has 1 heterocycles. The molecule has 3 rings (SSSR count). The Bertz CT molecular complexity index is 601. The first-order chi connectivity index (χ1) is 8.72. The first-order valence-corrected chi connectivity index (χ1v) is 6.62. The predicted octanol–water partition coefficient (Wildman–Crippen LogP) is 2.84. The Morgan fingerprint density at radius 1 is 1.22 bits per heavy atom. The van der Waals surface area contributed by atoms with E-state index in [1.54, 1.807) is 0 Å². The van der Waals surface area contributed by atoms with Gasteiger partial charge in [-0.25, -0.2) is 14.4 Å². The molecule has 0 saturated carbocycles. The molecular weight excluding hydrogens is 249 g/mol. The predicted molar refractivity (Wildman–Crippen MR) is 69.0 cm³/mol. The minimum absolute atomic E-state index is 0.0973. The lowest BCUT2D eigenvalue weighted by Crippen LogP contribution is -1.97. The molecule has 2 aromatic rings. The Labute approximate surface area is 109 Å². The van der Waals surface area contributed by atoms with Gasteiger partial charge >= 0.3 is 0 Å². The number of rotatable bonds is 2. The van der Waals surface area contributed by atoms with Gasteiger partial charge in [0.15, 0.2) is 5.82 Å². The van der Waals surface area contributed by atoms with Gasteiger partial charge in [-0.05, 0) is 42.5 Å². The van der Waals surface area contributed by atoms with Crippen LogP contribution >= 0.6 is 11.8 Å². The van der Waals surface area contributed by atoms with Gasteiger partial charge in [0.05, 0.1) is 6.20 Å². The van der Waals surface area contributed by atoms with Crippen molar-refractivity contribution in [3.8, 4) is 0 Å². The van der Waals surface area contributed by atoms with E-state index in [9.17, 15) is 4.39 Å². The zero-order chi connectivity index (χ0) is 12.5. The average Bonchev–Trinajstić information content (AvgIpc) is 2.81.